The Morgan fingerprint density at radius 2 is 1.64 bits per heavy atom. The molecule has 0 radical (unpaired) electrons. The highest BCUT2D eigenvalue weighted by atomic mass is 16.6. The first-order chi connectivity index (χ1) is 32.8. The lowest BCUT2D eigenvalue weighted by Crippen LogP contribution is -2.61. The smallest absolute Gasteiger partial charge is 0.329 e. The van der Waals surface area contributed by atoms with E-state index in [9.17, 15) is 34.2 Å². The fourth-order valence-corrected chi connectivity index (χ4v) is 10.7. The predicted octanol–water partition coefficient (Wildman–Crippen LogP) is 6.05. The fourth-order valence-electron chi connectivity index (χ4n) is 10.7. The number of carbonyl (C=O) groups excluding carboxylic acids is 5. The van der Waals surface area contributed by atoms with Gasteiger partial charge in [-0.3, -0.25) is 19.2 Å². The number of rotatable bonds is 7. The van der Waals surface area contributed by atoms with Gasteiger partial charge in [0.1, 0.15) is 30.1 Å². The monoisotopic (exact) mass is 966 g/mol. The predicted molar refractivity (Wildman–Crippen MR) is 256 cm³/mol. The number of aliphatic hydroxyl groups excluding tert-OH is 1. The van der Waals surface area contributed by atoms with E-state index in [2.05, 4.69) is 15.4 Å². The highest BCUT2D eigenvalue weighted by molar-refractivity contribution is 6.39. The zero-order chi connectivity index (χ0) is 50.6. The summed E-state index contributed by atoms with van der Waals surface area (Å²) in [7, 11) is 4.61. The van der Waals surface area contributed by atoms with Gasteiger partial charge in [0.15, 0.2) is 12.1 Å². The molecular formula is C52H79N5O12. The number of aromatic nitrogens is 4. The van der Waals surface area contributed by atoms with Crippen LogP contribution in [0.3, 0.4) is 0 Å². The minimum Gasteiger partial charge on any atom is -0.460 e. The van der Waals surface area contributed by atoms with Crippen LogP contribution in [-0.2, 0) is 47.7 Å². The summed E-state index contributed by atoms with van der Waals surface area (Å²) >= 11 is 0. The van der Waals surface area contributed by atoms with E-state index < -0.39 is 77.8 Å². The van der Waals surface area contributed by atoms with Crippen molar-refractivity contribution in [2.24, 2.45) is 35.5 Å². The first-order valence-electron chi connectivity index (χ1n) is 25.0. The van der Waals surface area contributed by atoms with Crippen molar-refractivity contribution in [2.45, 2.75) is 180 Å². The maximum atomic E-state index is 14.5. The molecule has 17 nitrogen and oxygen atoms in total. The van der Waals surface area contributed by atoms with Gasteiger partial charge in [-0.25, -0.2) is 4.79 Å². The van der Waals surface area contributed by atoms with Crippen LogP contribution in [0.5, 0.6) is 0 Å². The van der Waals surface area contributed by atoms with Gasteiger partial charge in [-0.1, -0.05) is 71.1 Å². The highest BCUT2D eigenvalue weighted by Gasteiger charge is 2.53. The van der Waals surface area contributed by atoms with Gasteiger partial charge in [-0.15, -0.1) is 10.2 Å². The molecule has 3 aliphatic heterocycles. The molecule has 2 N–H and O–H groups in total. The van der Waals surface area contributed by atoms with Crippen molar-refractivity contribution >= 4 is 29.2 Å². The summed E-state index contributed by atoms with van der Waals surface area (Å²) in [6.07, 6.45) is 13.7. The molecule has 1 aromatic rings. The first kappa shape index (κ1) is 55.7. The van der Waals surface area contributed by atoms with E-state index in [1.807, 2.05) is 58.1 Å². The molecule has 2 saturated heterocycles. The number of allylic oxidation sites excluding steroid dienone is 6. The van der Waals surface area contributed by atoms with Crippen molar-refractivity contribution < 1.29 is 57.9 Å². The van der Waals surface area contributed by atoms with Crippen molar-refractivity contribution in [2.75, 3.05) is 27.9 Å². The number of hydrogen-bond acceptors (Lipinski definition) is 15. The van der Waals surface area contributed by atoms with Crippen LogP contribution in [0.1, 0.15) is 132 Å². The molecule has 6 unspecified atom stereocenters. The molecule has 384 valence electrons. The van der Waals surface area contributed by atoms with Crippen LogP contribution in [0.25, 0.3) is 0 Å². The third kappa shape index (κ3) is 14.2. The summed E-state index contributed by atoms with van der Waals surface area (Å²) in [6, 6.07) is -1.24. The lowest BCUT2D eigenvalue weighted by molar-refractivity contribution is -0.265. The average Bonchev–Trinajstić information content (AvgIpc) is 3.88. The van der Waals surface area contributed by atoms with Crippen LogP contribution in [0.15, 0.2) is 53.9 Å². The van der Waals surface area contributed by atoms with Crippen molar-refractivity contribution in [3.8, 4) is 0 Å². The van der Waals surface area contributed by atoms with Gasteiger partial charge in [0.25, 0.3) is 11.7 Å². The Hall–Kier alpha value is -4.26. The second kappa shape index (κ2) is 25.7. The topological polar surface area (TPSA) is 219 Å². The Morgan fingerprint density at radius 3 is 2.32 bits per heavy atom. The number of esters is 1. The number of ketones is 3. The van der Waals surface area contributed by atoms with Crippen LogP contribution in [0.2, 0.25) is 0 Å². The SMILES string of the molecule is COC1C(=O)C(C)C[C@H](C)/C=C/C=C/C=C(\C)[C@@H](OC)C[C@@H]2CC[C@@H](C)[C@@](O)(O2)C(=O)C(=O)N2CCCCC2C(=O)O[C@H](C(C)CC2CC[C@H](n3ncnn3)C(OC)C2)CC(=O)[C@H](C)/C=C(\C)[C@H]1O. The van der Waals surface area contributed by atoms with Gasteiger partial charge in [-0.2, -0.15) is 4.80 Å². The number of methoxy groups -OCH3 is 3. The first-order valence-corrected chi connectivity index (χ1v) is 25.0. The number of amides is 1. The minimum absolute atomic E-state index is 0.0168. The minimum atomic E-state index is -2.43. The van der Waals surface area contributed by atoms with Gasteiger partial charge < -0.3 is 38.8 Å². The van der Waals surface area contributed by atoms with E-state index in [4.69, 9.17) is 23.7 Å². The van der Waals surface area contributed by atoms with E-state index in [1.54, 1.807) is 45.9 Å². The molecule has 3 fully saturated rings. The van der Waals surface area contributed by atoms with Gasteiger partial charge in [0, 0.05) is 58.5 Å². The largest absolute Gasteiger partial charge is 0.460 e. The van der Waals surface area contributed by atoms with Gasteiger partial charge in [-0.05, 0) is 112 Å². The number of Topliss-reactive ketones (excluding diaryl/α,β-unsaturated/α-hetero) is 3. The summed E-state index contributed by atoms with van der Waals surface area (Å²) in [5.41, 5.74) is 1.27. The molecule has 1 amide bonds. The molecule has 4 heterocycles. The second-order valence-corrected chi connectivity index (χ2v) is 20.3. The maximum absolute atomic E-state index is 14.5. The Bertz CT molecular complexity index is 2020. The van der Waals surface area contributed by atoms with Gasteiger partial charge in [0.2, 0.25) is 5.79 Å². The highest BCUT2D eigenvalue weighted by Crippen LogP contribution is 2.39. The van der Waals surface area contributed by atoms with Crippen LogP contribution in [0, 0.1) is 35.5 Å². The molecule has 2 bridgehead atoms. The molecule has 0 spiro atoms. The number of carbonyl (C=O) groups is 5. The van der Waals surface area contributed by atoms with E-state index >= 15 is 0 Å². The van der Waals surface area contributed by atoms with E-state index in [0.717, 1.165) is 18.4 Å². The van der Waals surface area contributed by atoms with Gasteiger partial charge >= 0.3 is 5.97 Å². The second-order valence-electron chi connectivity index (χ2n) is 20.3. The molecule has 15 atom stereocenters. The Kier molecular flexibility index (Phi) is 20.8. The van der Waals surface area contributed by atoms with Crippen LogP contribution in [-0.4, -0.2) is 141 Å². The number of aliphatic hydroxyl groups is 2. The van der Waals surface area contributed by atoms with Crippen LogP contribution < -0.4 is 0 Å². The van der Waals surface area contributed by atoms with Crippen LogP contribution >= 0.6 is 0 Å². The third-order valence-electron chi connectivity index (χ3n) is 15.1. The normalized spacial score (nSPS) is 38.8. The number of ether oxygens (including phenoxy) is 5. The Balaban J connectivity index is 1.46. The summed E-state index contributed by atoms with van der Waals surface area (Å²) in [6.45, 7) is 12.8. The van der Waals surface area contributed by atoms with E-state index in [-0.39, 0.29) is 60.9 Å². The number of tetrazole rings is 1. The van der Waals surface area contributed by atoms with Crippen molar-refractivity contribution in [3.63, 3.8) is 0 Å². The summed E-state index contributed by atoms with van der Waals surface area (Å²) in [5.74, 6) is -7.94. The van der Waals surface area contributed by atoms with Crippen molar-refractivity contribution in [1.29, 1.82) is 0 Å². The molecule has 4 aliphatic rings. The zero-order valence-corrected chi connectivity index (χ0v) is 42.5. The number of piperidine rings is 1. The number of fused-ring (bicyclic) bond motifs is 3. The molecule has 1 aliphatic carbocycles. The molecule has 1 saturated carbocycles. The third-order valence-corrected chi connectivity index (χ3v) is 15.1. The average molecular weight is 966 g/mol. The lowest BCUT2D eigenvalue weighted by Gasteiger charge is -2.42. The molecule has 17 heteroatoms. The fraction of sp³-hybridized carbons (Fsp3) is 0.731. The van der Waals surface area contributed by atoms with E-state index in [1.165, 1.54) is 18.3 Å². The van der Waals surface area contributed by atoms with E-state index in [0.29, 0.717) is 56.9 Å². The maximum Gasteiger partial charge on any atom is 0.329 e. The van der Waals surface area contributed by atoms with Crippen LogP contribution in [0.4, 0.5) is 0 Å². The van der Waals surface area contributed by atoms with Crippen molar-refractivity contribution in [1.82, 2.24) is 25.1 Å². The number of hydrogen-bond donors (Lipinski definition) is 2. The quantitative estimate of drug-likeness (QED) is 0.181. The number of cyclic esters (lactones) is 1. The lowest BCUT2D eigenvalue weighted by atomic mass is 9.77. The summed E-state index contributed by atoms with van der Waals surface area (Å²) < 4.78 is 29.9. The van der Waals surface area contributed by atoms with Crippen molar-refractivity contribution in [3.05, 3.63) is 53.9 Å². The molecular weight excluding hydrogens is 887 g/mol. The Morgan fingerprint density at radius 1 is 0.884 bits per heavy atom. The summed E-state index contributed by atoms with van der Waals surface area (Å²) in [5, 5.41) is 35.7. The Labute approximate surface area is 408 Å². The molecule has 1 aromatic heterocycles. The molecule has 5 rings (SSSR count). The standard InChI is InChI=1S/C52H79N5O12/c1-31-16-12-11-13-17-32(2)43(65-8)28-39-21-19-37(7)52(64,69-39)49(61)50(62)56-23-15-14-18-41(56)51(63)68-44(34(4)26-38-20-22-40(45(27-38)66-9)57-54-30-53-55-57)29-42(58)33(3)25-36(6)47(60)48(67-10)46(59)35(5)24-31/h11-13,16-17,25,30-31,33-35,37-41,43-45,47-48,60,64H,14-15,18-24,26-29H2,1-10H3/b13-11+,16-12+,32-17+,36-25+/t31-,33-,34?,35?,37-,38?,39+,40+,41?,43+,44+,45?,47-,48?,52-/m1/s1. The molecule has 0 aromatic carbocycles. The van der Waals surface area contributed by atoms with Gasteiger partial charge in [0.05, 0.1) is 24.4 Å². The number of nitrogens with zero attached hydrogens (tertiary/aromatic N) is 5. The summed E-state index contributed by atoms with van der Waals surface area (Å²) in [4.78, 5) is 73.9. The molecule has 69 heavy (non-hydrogen) atoms. The zero-order valence-electron chi connectivity index (χ0n) is 42.5.